The third-order valence-corrected chi connectivity index (χ3v) is 9.46. The number of anilines is 2. The van der Waals surface area contributed by atoms with E-state index in [1.807, 2.05) is 48.8 Å². The summed E-state index contributed by atoms with van der Waals surface area (Å²) in [6.45, 7) is 1.14. The van der Waals surface area contributed by atoms with Gasteiger partial charge in [0.15, 0.2) is 17.3 Å². The molecule has 0 amide bonds. The third-order valence-electron chi connectivity index (χ3n) is 9.46. The van der Waals surface area contributed by atoms with Crippen molar-refractivity contribution in [2.75, 3.05) is 17.2 Å². The fourth-order valence-electron chi connectivity index (χ4n) is 7.36. The molecule has 0 bridgehead atoms. The van der Waals surface area contributed by atoms with E-state index in [2.05, 4.69) is 54.9 Å². The van der Waals surface area contributed by atoms with Crippen molar-refractivity contribution >= 4 is 22.8 Å². The first-order valence-electron chi connectivity index (χ1n) is 15.7. The molecule has 2 fully saturated rings. The lowest BCUT2D eigenvalue weighted by Gasteiger charge is -2.50. The van der Waals surface area contributed by atoms with Crippen molar-refractivity contribution in [2.24, 2.45) is 5.73 Å². The first kappa shape index (κ1) is 27.5. The maximum atomic E-state index is 6.22. The number of nitrogens with two attached hydrogens (primary N) is 2. The molecular weight excluding hydrogens is 560 g/mol. The van der Waals surface area contributed by atoms with Gasteiger partial charge in [-0.3, -0.25) is 4.57 Å². The third kappa shape index (κ3) is 4.91. The Balaban J connectivity index is 0.000000168. The number of hydrogen-bond acceptors (Lipinski definition) is 8. The van der Waals surface area contributed by atoms with Crippen LogP contribution in [0.15, 0.2) is 91.5 Å². The van der Waals surface area contributed by atoms with E-state index in [4.69, 9.17) is 21.4 Å². The lowest BCUT2D eigenvalue weighted by molar-refractivity contribution is 0.210. The van der Waals surface area contributed by atoms with Crippen molar-refractivity contribution in [3.8, 4) is 22.9 Å². The van der Waals surface area contributed by atoms with E-state index in [0.29, 0.717) is 17.4 Å². The molecular formula is C35H36N10. The van der Waals surface area contributed by atoms with Crippen LogP contribution in [0.4, 0.5) is 11.6 Å². The molecule has 10 nitrogen and oxygen atoms in total. The molecule has 9 rings (SSSR count). The van der Waals surface area contributed by atoms with Gasteiger partial charge in [-0.25, -0.2) is 24.6 Å². The van der Waals surface area contributed by atoms with E-state index in [1.165, 1.54) is 30.4 Å². The summed E-state index contributed by atoms with van der Waals surface area (Å²) in [6.07, 6.45) is 15.5. The van der Waals surface area contributed by atoms with Crippen molar-refractivity contribution in [3.63, 3.8) is 0 Å². The predicted molar refractivity (Wildman–Crippen MR) is 176 cm³/mol. The number of aryl methyl sites for hydroxylation is 2. The molecule has 2 aliphatic carbocycles. The van der Waals surface area contributed by atoms with Crippen molar-refractivity contribution in [1.29, 1.82) is 0 Å². The van der Waals surface area contributed by atoms with Crippen molar-refractivity contribution in [3.05, 3.63) is 103 Å². The Morgan fingerprint density at radius 2 is 1.69 bits per heavy atom. The molecule has 10 heteroatoms. The maximum Gasteiger partial charge on any atom is 0.167 e. The lowest BCUT2D eigenvalue weighted by atomic mass is 9.71. The molecule has 1 aliphatic heterocycles. The van der Waals surface area contributed by atoms with Crippen molar-refractivity contribution in [1.82, 2.24) is 34.3 Å². The number of nitrogen functional groups attached to an aromatic ring is 1. The van der Waals surface area contributed by atoms with E-state index in [1.54, 1.807) is 17.1 Å². The van der Waals surface area contributed by atoms with Gasteiger partial charge in [0.2, 0.25) is 0 Å². The maximum absolute atomic E-state index is 6.22. The van der Waals surface area contributed by atoms with Crippen LogP contribution in [-0.4, -0.2) is 52.4 Å². The Labute approximate surface area is 261 Å². The van der Waals surface area contributed by atoms with Crippen molar-refractivity contribution in [2.45, 2.75) is 56.5 Å². The van der Waals surface area contributed by atoms with E-state index in [-0.39, 0.29) is 0 Å². The van der Waals surface area contributed by atoms with Gasteiger partial charge in [-0.15, -0.1) is 0 Å². The van der Waals surface area contributed by atoms with Gasteiger partial charge in [-0.2, -0.15) is 5.10 Å². The summed E-state index contributed by atoms with van der Waals surface area (Å²) in [5, 5.41) is 4.32. The van der Waals surface area contributed by atoms with Crippen LogP contribution < -0.4 is 16.4 Å². The summed E-state index contributed by atoms with van der Waals surface area (Å²) in [4.78, 5) is 21.0. The van der Waals surface area contributed by atoms with E-state index in [9.17, 15) is 0 Å². The average Bonchev–Trinajstić information content (AvgIpc) is 3.87. The van der Waals surface area contributed by atoms with Gasteiger partial charge in [-0.1, -0.05) is 12.1 Å². The number of aromatic nitrogens is 7. The van der Waals surface area contributed by atoms with Crippen LogP contribution >= 0.6 is 0 Å². The smallest absolute Gasteiger partial charge is 0.167 e. The number of hydrogen-bond donors (Lipinski definition) is 2. The van der Waals surface area contributed by atoms with Gasteiger partial charge in [0.25, 0.3) is 0 Å². The fraction of sp³-hybridized carbons (Fsp3) is 0.286. The minimum absolute atomic E-state index is 0.355. The van der Waals surface area contributed by atoms with Crippen LogP contribution in [0.25, 0.3) is 34.1 Å². The van der Waals surface area contributed by atoms with Gasteiger partial charge in [0.1, 0.15) is 17.2 Å². The fourth-order valence-corrected chi connectivity index (χ4v) is 7.36. The second-order valence-electron chi connectivity index (χ2n) is 12.3. The molecule has 6 aromatic rings. The van der Waals surface area contributed by atoms with Crippen LogP contribution in [0.5, 0.6) is 0 Å². The molecule has 5 aromatic heterocycles. The second kappa shape index (κ2) is 11.1. The Hall–Kier alpha value is -5.09. The molecule has 1 saturated carbocycles. The molecule has 4 N–H and O–H groups in total. The topological polar surface area (TPSA) is 130 Å². The molecule has 0 radical (unpaired) electrons. The highest BCUT2D eigenvalue weighted by atomic mass is 15.3. The number of benzene rings is 1. The highest BCUT2D eigenvalue weighted by Crippen LogP contribution is 2.46. The minimum atomic E-state index is 0.355. The summed E-state index contributed by atoms with van der Waals surface area (Å²) in [6, 6.07) is 22.8. The van der Waals surface area contributed by atoms with Crippen LogP contribution in [0.2, 0.25) is 0 Å². The van der Waals surface area contributed by atoms with Gasteiger partial charge < -0.3 is 16.4 Å². The molecule has 6 heterocycles. The monoisotopic (exact) mass is 596 g/mol. The van der Waals surface area contributed by atoms with E-state index >= 15 is 0 Å². The Morgan fingerprint density at radius 3 is 2.49 bits per heavy atom. The number of nitrogens with zero attached hydrogens (tertiary/aromatic N) is 8. The number of pyridine rings is 3. The lowest BCUT2D eigenvalue weighted by Crippen LogP contribution is -2.59. The molecule has 1 aromatic carbocycles. The molecule has 45 heavy (non-hydrogen) atoms. The first-order valence-corrected chi connectivity index (χ1v) is 15.7. The van der Waals surface area contributed by atoms with Gasteiger partial charge >= 0.3 is 0 Å². The summed E-state index contributed by atoms with van der Waals surface area (Å²) >= 11 is 0. The van der Waals surface area contributed by atoms with Crippen LogP contribution in [0.1, 0.15) is 43.2 Å². The molecule has 0 atom stereocenters. The van der Waals surface area contributed by atoms with Crippen LogP contribution in [0, 0.1) is 0 Å². The zero-order chi connectivity index (χ0) is 30.4. The highest BCUT2D eigenvalue weighted by molar-refractivity contribution is 5.83. The SMILES string of the molecule is NC1CC2(CCCN2c2ccccn2)C1.Nc1ncccc1-c1nc2ccc(-n3cccn3)nc2n1-c1ccc2c(c1)CCC2. The summed E-state index contributed by atoms with van der Waals surface area (Å²) < 4.78 is 3.83. The molecule has 0 unspecified atom stereocenters. The minimum Gasteiger partial charge on any atom is -0.383 e. The van der Waals surface area contributed by atoms with Crippen LogP contribution in [0.3, 0.4) is 0 Å². The van der Waals surface area contributed by atoms with Gasteiger partial charge in [-0.05, 0) is 111 Å². The Kier molecular flexibility index (Phi) is 6.79. The van der Waals surface area contributed by atoms with Gasteiger partial charge in [0.05, 0.1) is 5.56 Å². The Bertz CT molecular complexity index is 1960. The zero-order valence-corrected chi connectivity index (χ0v) is 25.1. The summed E-state index contributed by atoms with van der Waals surface area (Å²) in [5.41, 5.74) is 18.7. The second-order valence-corrected chi connectivity index (χ2v) is 12.3. The number of fused-ring (bicyclic) bond motifs is 2. The summed E-state index contributed by atoms with van der Waals surface area (Å²) in [5.74, 6) is 3.04. The first-order chi connectivity index (χ1) is 22.1. The van der Waals surface area contributed by atoms with E-state index < -0.39 is 0 Å². The average molecular weight is 597 g/mol. The quantitative estimate of drug-likeness (QED) is 0.281. The number of imidazole rings is 1. The predicted octanol–water partition coefficient (Wildman–Crippen LogP) is 5.28. The summed E-state index contributed by atoms with van der Waals surface area (Å²) in [7, 11) is 0. The molecule has 1 spiro atoms. The van der Waals surface area contributed by atoms with Crippen LogP contribution in [-0.2, 0) is 12.8 Å². The molecule has 1 saturated heterocycles. The van der Waals surface area contributed by atoms with E-state index in [0.717, 1.165) is 72.1 Å². The molecule has 226 valence electrons. The zero-order valence-electron chi connectivity index (χ0n) is 25.1. The number of rotatable bonds is 4. The Morgan fingerprint density at radius 1 is 0.800 bits per heavy atom. The molecule has 3 aliphatic rings. The normalized spacial score (nSPS) is 20.2. The highest BCUT2D eigenvalue weighted by Gasteiger charge is 2.50. The van der Waals surface area contributed by atoms with Crippen molar-refractivity contribution < 1.29 is 0 Å². The van der Waals surface area contributed by atoms with Gasteiger partial charge in [0, 0.05) is 48.6 Å². The largest absolute Gasteiger partial charge is 0.383 e. The standard InChI is InChI=1S/C23H19N7.C12H17N3/c24-21-18(6-2-11-25-21)22-27-19-9-10-20(29-13-3-12-26-29)28-23(19)30(22)17-8-7-15-4-1-5-16(15)14-17;13-10-8-12(9-10)5-3-7-15(12)11-4-1-2-6-14-11/h2-3,6-14H,1,4-5H2,(H2,24,25);1-2,4,6,10H,3,5,7-9,13H2.